The van der Waals surface area contributed by atoms with Crippen molar-refractivity contribution < 1.29 is 24.5 Å². The highest BCUT2D eigenvalue weighted by atomic mass is 79.9. The van der Waals surface area contributed by atoms with E-state index in [0.29, 0.717) is 21.4 Å². The number of aromatic nitrogens is 1. The maximum atomic E-state index is 9.81. The van der Waals surface area contributed by atoms with E-state index in [1.165, 1.54) is 165 Å². The Morgan fingerprint density at radius 3 is 1.10 bits per heavy atom. The number of benzene rings is 16. The van der Waals surface area contributed by atoms with E-state index in [2.05, 4.69) is 300 Å². The monoisotopic (exact) mass is 1670 g/mol. The van der Waals surface area contributed by atoms with Crippen LogP contribution in [0.15, 0.2) is 288 Å². The number of aryl methyl sites for hydroxylation is 8. The molecule has 1 saturated heterocycles. The zero-order chi connectivity index (χ0) is 80.6. The number of phenolic OH excluding ortho intramolecular Hbond substituents is 1. The molecule has 115 heavy (non-hydrogen) atoms. The molecular formula is C103H85B2Br2Cl2NO5. The van der Waals surface area contributed by atoms with Gasteiger partial charge >= 0.3 is 14.2 Å². The lowest BCUT2D eigenvalue weighted by atomic mass is 9.76. The molecule has 0 bridgehead atoms. The normalized spacial score (nSPS) is 13.0. The van der Waals surface area contributed by atoms with E-state index in [9.17, 15) is 5.11 Å². The van der Waals surface area contributed by atoms with Gasteiger partial charge in [-0.1, -0.05) is 302 Å². The van der Waals surface area contributed by atoms with Gasteiger partial charge in [0.2, 0.25) is 0 Å². The fourth-order valence-corrected chi connectivity index (χ4v) is 19.4. The van der Waals surface area contributed by atoms with Crippen LogP contribution in [0.25, 0.3) is 154 Å². The summed E-state index contributed by atoms with van der Waals surface area (Å²) >= 11 is 18.7. The lowest BCUT2D eigenvalue weighted by Gasteiger charge is -2.32. The second kappa shape index (κ2) is 31.6. The van der Waals surface area contributed by atoms with Gasteiger partial charge in [0, 0.05) is 30.9 Å². The van der Waals surface area contributed by atoms with Crippen molar-refractivity contribution in [2.24, 2.45) is 0 Å². The average molecular weight is 1670 g/mol. The lowest BCUT2D eigenvalue weighted by Crippen LogP contribution is -2.41. The molecule has 3 N–H and O–H groups in total. The number of nitrogens with zero attached hydrogens (tertiary/aromatic N) is 1. The fourth-order valence-electron chi connectivity index (χ4n) is 17.5. The third-order valence-electron chi connectivity index (χ3n) is 23.2. The summed E-state index contributed by atoms with van der Waals surface area (Å²) in [4.78, 5) is 3.96. The van der Waals surface area contributed by atoms with Crippen LogP contribution in [-0.2, 0) is 9.31 Å². The molecular weight excluding hydrogens is 1580 g/mol. The Bertz CT molecular complexity index is 6380. The first-order valence-electron chi connectivity index (χ1n) is 38.8. The number of aromatic hydroxyl groups is 1. The molecule has 12 heteroatoms. The molecule has 5 aliphatic rings. The van der Waals surface area contributed by atoms with Crippen molar-refractivity contribution in [1.29, 1.82) is 0 Å². The zero-order valence-electron chi connectivity index (χ0n) is 66.3. The highest BCUT2D eigenvalue weighted by Crippen LogP contribution is 2.54. The first-order valence-corrected chi connectivity index (χ1v) is 41.2. The van der Waals surface area contributed by atoms with E-state index in [4.69, 9.17) is 42.6 Å². The Morgan fingerprint density at radius 2 is 0.696 bits per heavy atom. The summed E-state index contributed by atoms with van der Waals surface area (Å²) in [5.74, 6) is 0.344. The van der Waals surface area contributed by atoms with Crippen molar-refractivity contribution in [3.63, 3.8) is 0 Å². The summed E-state index contributed by atoms with van der Waals surface area (Å²) in [5.41, 5.74) is 32.4. The Morgan fingerprint density at radius 1 is 0.339 bits per heavy atom. The molecule has 1 aromatic heterocycles. The van der Waals surface area contributed by atoms with Crippen molar-refractivity contribution >= 4 is 145 Å². The third-order valence-corrected chi connectivity index (χ3v) is 25.1. The molecule has 566 valence electrons. The molecule has 16 aromatic carbocycles. The van der Waals surface area contributed by atoms with Crippen LogP contribution in [-0.4, -0.2) is 45.6 Å². The van der Waals surface area contributed by atoms with E-state index in [1.807, 2.05) is 80.6 Å². The van der Waals surface area contributed by atoms with Crippen LogP contribution >= 0.6 is 55.1 Å². The van der Waals surface area contributed by atoms with Gasteiger partial charge in [-0.2, -0.15) is 0 Å². The summed E-state index contributed by atoms with van der Waals surface area (Å²) < 4.78 is 14.8. The zero-order valence-corrected chi connectivity index (χ0v) is 71.0. The fraction of sp³-hybridized carbons (Fsp3) is 0.136. The van der Waals surface area contributed by atoms with Gasteiger partial charge < -0.3 is 24.5 Å². The smallest absolute Gasteiger partial charge is 0.494 e. The van der Waals surface area contributed by atoms with Crippen LogP contribution in [0.4, 0.5) is 0 Å². The van der Waals surface area contributed by atoms with Gasteiger partial charge in [0.15, 0.2) is 0 Å². The number of phenols is 1. The van der Waals surface area contributed by atoms with Crippen LogP contribution in [0.5, 0.6) is 5.75 Å². The van der Waals surface area contributed by atoms with Crippen molar-refractivity contribution in [1.82, 2.24) is 4.98 Å². The highest BCUT2D eigenvalue weighted by molar-refractivity contribution is 9.11. The third kappa shape index (κ3) is 14.8. The molecule has 1 aliphatic heterocycles. The molecule has 1 fully saturated rings. The van der Waals surface area contributed by atoms with Gasteiger partial charge in [0.05, 0.1) is 11.2 Å². The second-order valence-corrected chi connectivity index (χ2v) is 34.2. The lowest BCUT2D eigenvalue weighted by molar-refractivity contribution is 0.00578. The van der Waals surface area contributed by atoms with E-state index < -0.39 is 7.12 Å². The largest absolute Gasteiger partial charge is 0.508 e. The predicted molar refractivity (Wildman–Crippen MR) is 496 cm³/mol. The first-order chi connectivity index (χ1) is 55.2. The molecule has 0 atom stereocenters. The molecule has 22 rings (SSSR count). The molecule has 4 aliphatic carbocycles. The van der Waals surface area contributed by atoms with Crippen LogP contribution in [0.1, 0.15) is 72.2 Å². The van der Waals surface area contributed by atoms with E-state index in [-0.39, 0.29) is 18.3 Å². The van der Waals surface area contributed by atoms with Crippen molar-refractivity contribution in [2.75, 3.05) is 0 Å². The van der Waals surface area contributed by atoms with Gasteiger partial charge in [-0.15, -0.1) is 0 Å². The number of hydrogen-bond acceptors (Lipinski definition) is 6. The Balaban J connectivity index is 0.000000103. The Labute approximate surface area is 700 Å². The van der Waals surface area contributed by atoms with E-state index in [1.54, 1.807) is 18.3 Å². The highest BCUT2D eigenvalue weighted by Gasteiger charge is 2.52. The van der Waals surface area contributed by atoms with Gasteiger partial charge in [-0.25, -0.2) is 4.98 Å². The van der Waals surface area contributed by atoms with Crippen molar-refractivity contribution in [2.45, 2.75) is 94.3 Å². The number of halogens is 4. The minimum absolute atomic E-state index is 0.326. The minimum atomic E-state index is -1.35. The first kappa shape index (κ1) is 78.4. The van der Waals surface area contributed by atoms with Gasteiger partial charge in [0.1, 0.15) is 10.9 Å². The second-order valence-electron chi connectivity index (χ2n) is 31.7. The van der Waals surface area contributed by atoms with Crippen molar-refractivity contribution in [3.05, 3.63) is 343 Å². The summed E-state index contributed by atoms with van der Waals surface area (Å²) in [7, 11) is -1.68. The topological polar surface area (TPSA) is 92.0 Å². The number of fused-ring (bicyclic) bond motifs is 14. The quantitative estimate of drug-likeness (QED) is 0.118. The molecule has 0 spiro atoms. The Hall–Kier alpha value is -10.5. The van der Waals surface area contributed by atoms with Gasteiger partial charge in [0.25, 0.3) is 0 Å². The van der Waals surface area contributed by atoms with Crippen LogP contribution < -0.4 is 10.9 Å². The molecule has 17 aromatic rings. The molecule has 0 radical (unpaired) electrons. The maximum Gasteiger partial charge on any atom is 0.494 e. The Kier molecular flexibility index (Phi) is 21.6. The minimum Gasteiger partial charge on any atom is -0.508 e. The average Bonchev–Trinajstić information content (AvgIpc) is 1.59. The summed E-state index contributed by atoms with van der Waals surface area (Å²) in [6.07, 6.45) is 1.67. The van der Waals surface area contributed by atoms with Crippen LogP contribution in [0.3, 0.4) is 0 Å². The SMILES string of the molecule is Brc1cccc2cccc(Br)c12.Cc1cc(B2OC(C)(C)C(C)(C)O2)cc2c1-c1cccc3cccc-2c13.Cc1cc(C)c2c(c1)-c1cccc3cccc-2c13.Cc1cc(C)c2c(c1)-c1cccc3cccc-2c13.Cc1cc(O)cc2c1-c1cccc3cccc-2c13.Cc1ccc(B(O)O)c(C)c1.Clc1ccc2c(Cl)nccc2c1. The predicted octanol–water partition coefficient (Wildman–Crippen LogP) is 27.7. The molecule has 0 unspecified atom stereocenters. The van der Waals surface area contributed by atoms with Gasteiger partial charge in [-0.3, -0.25) is 0 Å². The van der Waals surface area contributed by atoms with Crippen molar-refractivity contribution in [3.8, 4) is 94.8 Å². The van der Waals surface area contributed by atoms with Gasteiger partial charge in [-0.05, 0) is 308 Å². The van der Waals surface area contributed by atoms with E-state index in [0.717, 1.165) is 47.4 Å². The number of pyridine rings is 1. The summed E-state index contributed by atoms with van der Waals surface area (Å²) in [6, 6.07) is 95.1. The van der Waals surface area contributed by atoms with Crippen LogP contribution in [0.2, 0.25) is 10.2 Å². The summed E-state index contributed by atoms with van der Waals surface area (Å²) in [5, 5.41) is 43.9. The van der Waals surface area contributed by atoms with E-state index >= 15 is 0 Å². The molecule has 2 heterocycles. The van der Waals surface area contributed by atoms with Crippen LogP contribution in [0, 0.1) is 55.4 Å². The standard InChI is InChI=1S/C23H23BO2.2C18H14.C17H12O.C10H6Br2.C9H5Cl2N.C8H11BO2/c1-14-12-16(24-25-22(2,3)23(4,5)26-24)13-19-17-10-6-8-15-9-7-11-18(20(14)19)21(15)17;2*1-11-9-12(2)17-15-8-4-6-13-5-3-7-14(18(13)15)16(17)10-11;1-10-8-12(18)9-15-13-6-2-4-11-5-3-7-14(16(10)15)17(11)13;11-8-5-1-3-7-4-2-6-9(12)10(7)8;10-7-1-2-8-6(5-7)3-4-12-9(8)11;1-6-3-4-8(9(10)11)7(2)5-6/h6-13H,1-5H3;2*3-10H,1-2H3;2-9,18H,1H3;1-6H;1-5H;3-5,10-11H,1-2H3. The molecule has 0 amide bonds. The number of rotatable bonds is 2. The number of hydrogen-bond donors (Lipinski definition) is 3. The molecule has 0 saturated carbocycles. The summed E-state index contributed by atoms with van der Waals surface area (Å²) in [6.45, 7) is 25.3. The molecule has 6 nitrogen and oxygen atoms in total. The maximum absolute atomic E-state index is 9.81.